The second-order valence-corrected chi connectivity index (χ2v) is 13.1. The normalized spacial score (nSPS) is 12.1. The highest BCUT2D eigenvalue weighted by Crippen LogP contribution is 2.37. The van der Waals surface area contributed by atoms with E-state index in [9.17, 15) is 0 Å². The number of rotatable bonds is 4. The first-order valence-corrected chi connectivity index (χ1v) is 17.1. The zero-order valence-electron chi connectivity index (χ0n) is 28.7. The summed E-state index contributed by atoms with van der Waals surface area (Å²) < 4.78 is 6.23. The SMILES string of the molecule is C[n+]1cccc(-c2c3nc(c(-c4ccc[n+](C)c4)c4ccc([nH]4)c(-c4ccc[n+](C)c4)c4nc(c(-c5ccccc5)c5ccc2[nH]5)C=C4)C=C3)c1. The first-order chi connectivity index (χ1) is 25.0. The van der Waals surface area contributed by atoms with Gasteiger partial charge >= 0.3 is 0 Å². The van der Waals surface area contributed by atoms with E-state index >= 15 is 0 Å². The molecule has 244 valence electrons. The van der Waals surface area contributed by atoms with Gasteiger partial charge < -0.3 is 9.97 Å². The molecule has 2 aliphatic heterocycles. The van der Waals surface area contributed by atoms with E-state index < -0.39 is 0 Å². The molecular weight excluding hydrogens is 627 g/mol. The lowest BCUT2D eigenvalue weighted by Crippen LogP contribution is -2.26. The summed E-state index contributed by atoms with van der Waals surface area (Å²) >= 11 is 0. The summed E-state index contributed by atoms with van der Waals surface area (Å²) in [7, 11) is 6.15. The summed E-state index contributed by atoms with van der Waals surface area (Å²) in [6.45, 7) is 0. The molecule has 0 atom stereocenters. The third-order valence-electron chi connectivity index (χ3n) is 9.50. The van der Waals surface area contributed by atoms with Crippen LogP contribution in [-0.2, 0) is 21.1 Å². The van der Waals surface area contributed by atoms with Crippen molar-refractivity contribution in [1.29, 1.82) is 0 Å². The van der Waals surface area contributed by atoms with Gasteiger partial charge in [0.15, 0.2) is 37.2 Å². The molecule has 0 radical (unpaired) electrons. The van der Waals surface area contributed by atoms with Gasteiger partial charge in [-0.1, -0.05) is 30.3 Å². The molecule has 51 heavy (non-hydrogen) atoms. The molecule has 0 saturated carbocycles. The molecule has 8 bridgehead atoms. The lowest BCUT2D eigenvalue weighted by Gasteiger charge is -2.06. The number of hydrogen-bond acceptors (Lipinski definition) is 2. The Morgan fingerprint density at radius 1 is 0.373 bits per heavy atom. The van der Waals surface area contributed by atoms with Crippen molar-refractivity contribution >= 4 is 46.4 Å². The number of benzene rings is 1. The van der Waals surface area contributed by atoms with Crippen LogP contribution >= 0.6 is 0 Å². The van der Waals surface area contributed by atoms with Gasteiger partial charge in [0.1, 0.15) is 21.1 Å². The Kier molecular flexibility index (Phi) is 7.32. The van der Waals surface area contributed by atoms with E-state index in [1.165, 1.54) is 0 Å². The zero-order valence-corrected chi connectivity index (χ0v) is 28.7. The highest BCUT2D eigenvalue weighted by atomic mass is 14.9. The Hall–Kier alpha value is -6.73. The van der Waals surface area contributed by atoms with Crippen molar-refractivity contribution in [2.75, 3.05) is 0 Å². The van der Waals surface area contributed by atoms with E-state index in [-0.39, 0.29) is 0 Å². The summed E-state index contributed by atoms with van der Waals surface area (Å²) in [5, 5.41) is 0. The van der Waals surface area contributed by atoms with Crippen LogP contribution < -0.4 is 13.7 Å². The van der Waals surface area contributed by atoms with Crippen LogP contribution in [0.25, 0.3) is 90.9 Å². The minimum atomic E-state index is 0.888. The standard InChI is InChI=1S/C44H36N7/c1-49-23-7-12-30(26-49)42-35-17-15-33(45-35)41(29-10-5-4-6-11-29)34-16-18-36(46-34)43(31-13-8-24-50(2)27-31)38-20-22-40(48-38)44(39-21-19-37(42)47-39)32-14-9-25-51(3)28-32/h4-28,45,48H,1-3H3/q+3. The summed E-state index contributed by atoms with van der Waals surface area (Å²) in [6.07, 6.45) is 21.1. The smallest absolute Gasteiger partial charge is 0.176 e. The molecule has 7 nitrogen and oxygen atoms in total. The largest absolute Gasteiger partial charge is 0.354 e. The highest BCUT2D eigenvalue weighted by Gasteiger charge is 2.20. The average molecular weight is 663 g/mol. The van der Waals surface area contributed by atoms with E-state index in [1.54, 1.807) is 0 Å². The van der Waals surface area contributed by atoms with Crippen molar-refractivity contribution in [3.05, 3.63) is 151 Å². The molecule has 0 saturated heterocycles. The van der Waals surface area contributed by atoms with Gasteiger partial charge in [0.25, 0.3) is 0 Å². The third-order valence-corrected chi connectivity index (χ3v) is 9.50. The molecule has 0 aliphatic carbocycles. The molecule has 1 aromatic carbocycles. The average Bonchev–Trinajstić information content (AvgIpc) is 3.97. The summed E-state index contributed by atoms with van der Waals surface area (Å²) in [4.78, 5) is 18.4. The van der Waals surface area contributed by atoms with Crippen LogP contribution in [0.5, 0.6) is 0 Å². The minimum absolute atomic E-state index is 0.888. The minimum Gasteiger partial charge on any atom is -0.354 e. The van der Waals surface area contributed by atoms with Crippen LogP contribution in [0.15, 0.2) is 128 Å². The predicted molar refractivity (Wildman–Crippen MR) is 204 cm³/mol. The molecule has 7 heteroatoms. The summed E-state index contributed by atoms with van der Waals surface area (Å²) in [5.74, 6) is 0. The fourth-order valence-electron chi connectivity index (χ4n) is 7.23. The van der Waals surface area contributed by atoms with Crippen molar-refractivity contribution in [1.82, 2.24) is 19.9 Å². The maximum absolute atomic E-state index is 5.40. The number of nitrogens with one attached hydrogen (secondary N) is 2. The number of hydrogen-bond donors (Lipinski definition) is 2. The third kappa shape index (κ3) is 5.55. The summed E-state index contributed by atoms with van der Waals surface area (Å²) in [6, 6.07) is 31.8. The van der Waals surface area contributed by atoms with Crippen molar-refractivity contribution in [2.45, 2.75) is 0 Å². The van der Waals surface area contributed by atoms with Crippen molar-refractivity contribution < 1.29 is 13.7 Å². The Balaban J connectivity index is 1.49. The lowest BCUT2D eigenvalue weighted by atomic mass is 10.0. The molecule has 0 spiro atoms. The van der Waals surface area contributed by atoms with Crippen LogP contribution in [-0.4, -0.2) is 19.9 Å². The number of aromatic amines is 2. The van der Waals surface area contributed by atoms with E-state index in [0.29, 0.717) is 0 Å². The van der Waals surface area contributed by atoms with Gasteiger partial charge in [-0.2, -0.15) is 0 Å². The van der Waals surface area contributed by atoms with Gasteiger partial charge in [-0.15, -0.1) is 0 Å². The number of aryl methyl sites for hydroxylation is 3. The van der Waals surface area contributed by atoms with Gasteiger partial charge in [0.05, 0.1) is 22.8 Å². The summed E-state index contributed by atoms with van der Waals surface area (Å²) in [5.41, 5.74) is 15.9. The number of pyridine rings is 3. The zero-order chi connectivity index (χ0) is 34.5. The van der Waals surface area contributed by atoms with E-state index in [4.69, 9.17) is 9.97 Å². The van der Waals surface area contributed by atoms with Crippen molar-refractivity contribution in [3.63, 3.8) is 0 Å². The van der Waals surface area contributed by atoms with Gasteiger partial charge in [0, 0.05) is 79.2 Å². The Labute approximate surface area is 295 Å². The van der Waals surface area contributed by atoms with E-state index in [0.717, 1.165) is 89.4 Å². The molecule has 2 aliphatic rings. The monoisotopic (exact) mass is 662 g/mol. The number of aromatic nitrogens is 7. The van der Waals surface area contributed by atoms with Crippen molar-refractivity contribution in [2.24, 2.45) is 21.1 Å². The Morgan fingerprint density at radius 2 is 0.686 bits per heavy atom. The van der Waals surface area contributed by atoms with E-state index in [1.807, 2.05) is 45.8 Å². The van der Waals surface area contributed by atoms with Gasteiger partial charge in [-0.25, -0.2) is 23.7 Å². The Morgan fingerprint density at radius 3 is 1.02 bits per heavy atom. The molecule has 8 heterocycles. The molecule has 2 N–H and O–H groups in total. The quantitative estimate of drug-likeness (QED) is 0.189. The number of fused-ring (bicyclic) bond motifs is 8. The first kappa shape index (κ1) is 30.3. The number of nitrogens with zero attached hydrogens (tertiary/aromatic N) is 5. The Bertz CT molecular complexity index is 2690. The maximum atomic E-state index is 5.40. The molecule has 0 amide bonds. The molecule has 0 fully saturated rings. The van der Waals surface area contributed by atoms with Crippen LogP contribution in [0.3, 0.4) is 0 Å². The van der Waals surface area contributed by atoms with Gasteiger partial charge in [0.2, 0.25) is 0 Å². The lowest BCUT2D eigenvalue weighted by molar-refractivity contribution is -0.671. The molecule has 9 rings (SSSR count). The predicted octanol–water partition coefficient (Wildman–Crippen LogP) is 7.80. The van der Waals surface area contributed by atoms with E-state index in [2.05, 4.69) is 151 Å². The topological polar surface area (TPSA) is 69.0 Å². The molecule has 0 unspecified atom stereocenters. The first-order valence-electron chi connectivity index (χ1n) is 17.1. The fourth-order valence-corrected chi connectivity index (χ4v) is 7.23. The van der Waals surface area contributed by atoms with Crippen LogP contribution in [0, 0.1) is 0 Å². The fraction of sp³-hybridized carbons (Fsp3) is 0.0682. The molecule has 6 aromatic heterocycles. The highest BCUT2D eigenvalue weighted by molar-refractivity contribution is 5.99. The second-order valence-electron chi connectivity index (χ2n) is 13.1. The molecule has 7 aromatic rings. The molecular formula is C44H36N7+3. The van der Waals surface area contributed by atoms with Crippen LogP contribution in [0.1, 0.15) is 22.8 Å². The van der Waals surface area contributed by atoms with Crippen LogP contribution in [0.4, 0.5) is 0 Å². The maximum Gasteiger partial charge on any atom is 0.176 e. The van der Waals surface area contributed by atoms with Crippen molar-refractivity contribution in [3.8, 4) is 44.5 Å². The van der Waals surface area contributed by atoms with Gasteiger partial charge in [-0.05, 0) is 72.3 Å². The second kappa shape index (κ2) is 12.3. The number of H-pyrrole nitrogens is 2. The van der Waals surface area contributed by atoms with Crippen LogP contribution in [0.2, 0.25) is 0 Å². The van der Waals surface area contributed by atoms with Gasteiger partial charge in [-0.3, -0.25) is 0 Å².